The minimum Gasteiger partial charge on any atom is -0.368 e. The average molecular weight is 246 g/mol. The summed E-state index contributed by atoms with van der Waals surface area (Å²) in [5.41, 5.74) is 4.60. The van der Waals surface area contributed by atoms with Crippen LogP contribution in [0, 0.1) is 0 Å². The van der Waals surface area contributed by atoms with Crippen LogP contribution < -0.4 is 10.2 Å². The van der Waals surface area contributed by atoms with Gasteiger partial charge in [-0.2, -0.15) is 0 Å². The molecule has 2 heteroatoms. The molecule has 0 saturated heterocycles. The monoisotopic (exact) mass is 246 g/mol. The fourth-order valence-corrected chi connectivity index (χ4v) is 2.97. The van der Waals surface area contributed by atoms with Gasteiger partial charge in [-0.25, -0.2) is 0 Å². The van der Waals surface area contributed by atoms with Gasteiger partial charge in [0.2, 0.25) is 0 Å². The lowest BCUT2D eigenvalue weighted by atomic mass is 9.98. The number of nitrogens with zero attached hydrogens (tertiary/aromatic N) is 1. The van der Waals surface area contributed by atoms with Gasteiger partial charge in [-0.1, -0.05) is 25.1 Å². The summed E-state index contributed by atoms with van der Waals surface area (Å²) in [5, 5.41) is 3.23. The first-order chi connectivity index (χ1) is 8.65. The smallest absolute Gasteiger partial charge is 0.0437 e. The van der Waals surface area contributed by atoms with E-state index in [1.54, 1.807) is 5.56 Å². The van der Waals surface area contributed by atoms with Gasteiger partial charge >= 0.3 is 0 Å². The number of nitrogens with one attached hydrogen (secondary N) is 1. The Morgan fingerprint density at radius 2 is 2.17 bits per heavy atom. The zero-order valence-corrected chi connectivity index (χ0v) is 12.2. The Bertz CT molecular complexity index is 398. The van der Waals surface area contributed by atoms with Crippen molar-refractivity contribution in [3.8, 4) is 0 Å². The molecule has 1 aliphatic rings. The van der Waals surface area contributed by atoms with Gasteiger partial charge in [-0.15, -0.1) is 0 Å². The second-order valence-corrected chi connectivity index (χ2v) is 5.71. The molecule has 1 atom stereocenters. The van der Waals surface area contributed by atoms with E-state index in [-0.39, 0.29) is 0 Å². The molecule has 0 saturated carbocycles. The fraction of sp³-hybridized carbons (Fsp3) is 0.625. The van der Waals surface area contributed by atoms with Crippen LogP contribution in [-0.2, 0) is 6.42 Å². The molecule has 1 aromatic carbocycles. The van der Waals surface area contributed by atoms with E-state index in [1.807, 2.05) is 7.05 Å². The van der Waals surface area contributed by atoms with Crippen LogP contribution in [0.5, 0.6) is 0 Å². The molecular weight excluding hydrogens is 220 g/mol. The van der Waals surface area contributed by atoms with Crippen molar-refractivity contribution >= 4 is 5.69 Å². The minimum absolute atomic E-state index is 0.596. The van der Waals surface area contributed by atoms with Crippen LogP contribution in [-0.4, -0.2) is 26.2 Å². The van der Waals surface area contributed by atoms with Gasteiger partial charge in [-0.3, -0.25) is 0 Å². The summed E-state index contributed by atoms with van der Waals surface area (Å²) in [7, 11) is 2.03. The molecule has 0 aromatic heterocycles. The molecule has 1 unspecified atom stereocenters. The average Bonchev–Trinajstić information content (AvgIpc) is 2.69. The Kier molecular flexibility index (Phi) is 4.28. The Labute approximate surface area is 111 Å². The molecule has 0 spiro atoms. The van der Waals surface area contributed by atoms with Gasteiger partial charge in [0.15, 0.2) is 0 Å². The lowest BCUT2D eigenvalue weighted by Gasteiger charge is -2.26. The van der Waals surface area contributed by atoms with Crippen LogP contribution in [0.4, 0.5) is 5.69 Å². The minimum atomic E-state index is 0.596. The van der Waals surface area contributed by atoms with E-state index >= 15 is 0 Å². The first-order valence-corrected chi connectivity index (χ1v) is 7.18. The molecule has 2 rings (SSSR count). The predicted molar refractivity (Wildman–Crippen MR) is 79.6 cm³/mol. The standard InChI is InChI=1S/C16H26N2/c1-12(2)18-11-13(3)15-9-5-7-14(16(15)18)8-6-10-17-4/h5,7,9,12-13,17H,6,8,10-11H2,1-4H3. The summed E-state index contributed by atoms with van der Waals surface area (Å²) in [4.78, 5) is 2.58. The van der Waals surface area contributed by atoms with Crippen molar-refractivity contribution in [2.45, 2.75) is 45.6 Å². The van der Waals surface area contributed by atoms with Gasteiger partial charge in [0.25, 0.3) is 0 Å². The van der Waals surface area contributed by atoms with E-state index in [1.165, 1.54) is 30.6 Å². The first-order valence-electron chi connectivity index (χ1n) is 7.18. The molecule has 0 fully saturated rings. The normalized spacial score (nSPS) is 18.5. The van der Waals surface area contributed by atoms with Crippen molar-refractivity contribution < 1.29 is 0 Å². The molecule has 0 bridgehead atoms. The third-order valence-corrected chi connectivity index (χ3v) is 3.94. The molecule has 1 heterocycles. The summed E-state index contributed by atoms with van der Waals surface area (Å²) >= 11 is 0. The van der Waals surface area contributed by atoms with Crippen LogP contribution in [0.2, 0.25) is 0 Å². The Balaban J connectivity index is 2.27. The largest absolute Gasteiger partial charge is 0.368 e. The van der Waals surface area contributed by atoms with Gasteiger partial charge < -0.3 is 10.2 Å². The number of benzene rings is 1. The van der Waals surface area contributed by atoms with Crippen molar-refractivity contribution in [2.24, 2.45) is 0 Å². The maximum absolute atomic E-state index is 3.23. The number of hydrogen-bond acceptors (Lipinski definition) is 2. The van der Waals surface area contributed by atoms with Crippen LogP contribution in [0.1, 0.15) is 44.2 Å². The van der Waals surface area contributed by atoms with E-state index in [4.69, 9.17) is 0 Å². The molecule has 0 amide bonds. The molecule has 18 heavy (non-hydrogen) atoms. The molecule has 1 aromatic rings. The van der Waals surface area contributed by atoms with Gasteiger partial charge in [-0.05, 0) is 51.4 Å². The maximum Gasteiger partial charge on any atom is 0.0437 e. The van der Waals surface area contributed by atoms with Crippen LogP contribution in [0.15, 0.2) is 18.2 Å². The summed E-state index contributed by atoms with van der Waals surface area (Å²) in [6.45, 7) is 9.22. The highest BCUT2D eigenvalue weighted by Gasteiger charge is 2.28. The summed E-state index contributed by atoms with van der Waals surface area (Å²) in [6, 6.07) is 7.44. The number of rotatable bonds is 5. The first kappa shape index (κ1) is 13.4. The van der Waals surface area contributed by atoms with Gasteiger partial charge in [0.1, 0.15) is 0 Å². The lowest BCUT2D eigenvalue weighted by molar-refractivity contribution is 0.666. The van der Waals surface area contributed by atoms with Crippen molar-refractivity contribution in [1.29, 1.82) is 0 Å². The second-order valence-electron chi connectivity index (χ2n) is 5.71. The zero-order chi connectivity index (χ0) is 13.1. The van der Waals surface area contributed by atoms with Crippen LogP contribution in [0.25, 0.3) is 0 Å². The summed E-state index contributed by atoms with van der Waals surface area (Å²) in [6.07, 6.45) is 2.40. The van der Waals surface area contributed by atoms with Crippen molar-refractivity contribution in [3.05, 3.63) is 29.3 Å². The Morgan fingerprint density at radius 3 is 2.83 bits per heavy atom. The Hall–Kier alpha value is -1.02. The molecule has 100 valence electrons. The van der Waals surface area contributed by atoms with Crippen molar-refractivity contribution in [2.75, 3.05) is 25.0 Å². The second kappa shape index (κ2) is 5.75. The zero-order valence-electron chi connectivity index (χ0n) is 12.2. The number of aryl methyl sites for hydroxylation is 1. The number of fused-ring (bicyclic) bond motifs is 1. The van der Waals surface area contributed by atoms with Crippen LogP contribution >= 0.6 is 0 Å². The lowest BCUT2D eigenvalue weighted by Crippen LogP contribution is -2.29. The number of hydrogen-bond donors (Lipinski definition) is 1. The topological polar surface area (TPSA) is 15.3 Å². The molecule has 2 nitrogen and oxygen atoms in total. The highest BCUT2D eigenvalue weighted by molar-refractivity contribution is 5.65. The van der Waals surface area contributed by atoms with Gasteiger partial charge in [0, 0.05) is 24.2 Å². The predicted octanol–water partition coefficient (Wildman–Crippen LogP) is 3.17. The molecule has 0 aliphatic carbocycles. The molecule has 1 aliphatic heterocycles. The fourth-order valence-electron chi connectivity index (χ4n) is 2.97. The summed E-state index contributed by atoms with van der Waals surface area (Å²) < 4.78 is 0. The highest BCUT2D eigenvalue weighted by Crippen LogP contribution is 2.40. The van der Waals surface area contributed by atoms with Crippen LogP contribution in [0.3, 0.4) is 0 Å². The molecule has 1 N–H and O–H groups in total. The summed E-state index contributed by atoms with van der Waals surface area (Å²) in [5.74, 6) is 0.673. The van der Waals surface area contributed by atoms with E-state index in [0.29, 0.717) is 12.0 Å². The van der Waals surface area contributed by atoms with E-state index in [0.717, 1.165) is 6.54 Å². The molecular formula is C16H26N2. The van der Waals surface area contributed by atoms with Gasteiger partial charge in [0.05, 0.1) is 0 Å². The Morgan fingerprint density at radius 1 is 1.39 bits per heavy atom. The maximum atomic E-state index is 3.23. The highest BCUT2D eigenvalue weighted by atomic mass is 15.2. The third kappa shape index (κ3) is 2.54. The number of anilines is 1. The number of para-hydroxylation sites is 1. The van der Waals surface area contributed by atoms with Crippen molar-refractivity contribution in [1.82, 2.24) is 5.32 Å². The molecule has 0 radical (unpaired) electrons. The van der Waals surface area contributed by atoms with Crippen molar-refractivity contribution in [3.63, 3.8) is 0 Å². The SMILES string of the molecule is CNCCCc1cccc2c1N(C(C)C)CC2C. The van der Waals surface area contributed by atoms with E-state index in [2.05, 4.69) is 49.2 Å². The quantitative estimate of drug-likeness (QED) is 0.803. The third-order valence-electron chi connectivity index (χ3n) is 3.94. The van der Waals surface area contributed by atoms with E-state index < -0.39 is 0 Å². The van der Waals surface area contributed by atoms with E-state index in [9.17, 15) is 0 Å².